The minimum Gasteiger partial charge on any atom is -0.481 e. The Hall–Kier alpha value is -3.75. The molecule has 8 bridgehead atoms. The Balaban J connectivity index is 0.886. The number of esters is 5. The van der Waals surface area contributed by atoms with E-state index in [4.69, 9.17) is 23.7 Å². The third-order valence-corrected chi connectivity index (χ3v) is 22.2. The second-order valence-electron chi connectivity index (χ2n) is 28.1. The third kappa shape index (κ3) is 10.7. The van der Waals surface area contributed by atoms with Gasteiger partial charge in [0.1, 0.15) is 17.8 Å². The highest BCUT2D eigenvalue weighted by Crippen LogP contribution is 2.68. The molecular formula is C60H89NO14. The number of carbonyl (C=O) groups excluding carboxylic acids is 6. The number of cyclic esters (lactones) is 2. The molecule has 15 nitrogen and oxygen atoms in total. The summed E-state index contributed by atoms with van der Waals surface area (Å²) in [6.45, 7) is 16.1. The van der Waals surface area contributed by atoms with Gasteiger partial charge in [0.25, 0.3) is 0 Å². The Morgan fingerprint density at radius 2 is 1.05 bits per heavy atom. The van der Waals surface area contributed by atoms with Crippen molar-refractivity contribution in [1.29, 1.82) is 0 Å². The number of amides is 1. The van der Waals surface area contributed by atoms with Crippen molar-refractivity contribution in [2.45, 2.75) is 175 Å². The zero-order valence-electron chi connectivity index (χ0n) is 46.2. The number of rotatable bonds is 17. The van der Waals surface area contributed by atoms with Crippen molar-refractivity contribution in [3.8, 4) is 0 Å². The maximum absolute atomic E-state index is 14.3. The van der Waals surface area contributed by atoms with Gasteiger partial charge in [-0.25, -0.2) is 4.79 Å². The van der Waals surface area contributed by atoms with Crippen LogP contribution in [0.5, 0.6) is 0 Å². The quantitative estimate of drug-likeness (QED) is 0.0791. The van der Waals surface area contributed by atoms with Gasteiger partial charge in [0.2, 0.25) is 0 Å². The Morgan fingerprint density at radius 3 is 1.57 bits per heavy atom. The van der Waals surface area contributed by atoms with Gasteiger partial charge in [-0.15, -0.1) is 0 Å². The zero-order chi connectivity index (χ0) is 53.6. The fourth-order valence-corrected chi connectivity index (χ4v) is 19.3. The van der Waals surface area contributed by atoms with Crippen molar-refractivity contribution in [3.05, 3.63) is 0 Å². The molecule has 75 heavy (non-hydrogen) atoms. The summed E-state index contributed by atoms with van der Waals surface area (Å²) in [5.74, 6) is -1.20. The number of nitrogens with zero attached hydrogens (tertiary/aromatic N) is 1. The molecule has 10 fully saturated rings. The number of hydrogen-bond donors (Lipinski definition) is 2. The van der Waals surface area contributed by atoms with Crippen LogP contribution in [0.15, 0.2) is 0 Å². The first kappa shape index (κ1) is 54.6. The summed E-state index contributed by atoms with van der Waals surface area (Å²) < 4.78 is 28.7. The van der Waals surface area contributed by atoms with Crippen molar-refractivity contribution in [3.63, 3.8) is 0 Å². The van der Waals surface area contributed by atoms with Crippen LogP contribution in [-0.2, 0) is 52.5 Å². The fraction of sp³-hybridized carbons (Fsp3) is 0.883. The second-order valence-corrected chi connectivity index (χ2v) is 28.1. The minimum absolute atomic E-state index is 0.00227. The molecule has 8 saturated carbocycles. The van der Waals surface area contributed by atoms with E-state index >= 15 is 0 Å². The van der Waals surface area contributed by atoms with Gasteiger partial charge in [0.05, 0.1) is 48.7 Å². The lowest BCUT2D eigenvalue weighted by molar-refractivity contribution is -0.163. The summed E-state index contributed by atoms with van der Waals surface area (Å²) >= 11 is 0. The highest BCUT2D eigenvalue weighted by molar-refractivity contribution is 5.96. The molecule has 0 aromatic heterocycles. The Bertz CT molecular complexity index is 2200. The predicted molar refractivity (Wildman–Crippen MR) is 272 cm³/mol. The van der Waals surface area contributed by atoms with E-state index < -0.39 is 46.9 Å². The molecule has 15 heteroatoms. The average Bonchev–Trinajstić information content (AvgIpc) is 4.25. The highest BCUT2D eigenvalue weighted by atomic mass is 16.6. The monoisotopic (exact) mass is 1050 g/mol. The number of carbonyl (C=O) groups is 7. The van der Waals surface area contributed by atoms with Crippen molar-refractivity contribution >= 4 is 41.9 Å². The average molecular weight is 1050 g/mol. The topological polar surface area (TPSA) is 209 Å². The van der Waals surface area contributed by atoms with Crippen LogP contribution in [0, 0.1) is 130 Å². The summed E-state index contributed by atoms with van der Waals surface area (Å²) in [6, 6.07) is -0.0890. The summed E-state index contributed by atoms with van der Waals surface area (Å²) in [5.41, 5.74) is -1.17. The number of carboxylic acid groups (broad SMARTS) is 1. The standard InChI is InChI=1S/C60H89NO14/c1-29-31-17-41(51(18-31)57(69)74-59(3,4)5)36(29)25-38-33-20-44(50(23-33)55(67)72-16-14-62)47(38)28-39-32-19-42(48(22-32)52(63)64)46(39)27-40-34-21-43(45(40)26-37-30(2)53(65)73-56(37)68)49(24-34)54(66)71-15-12-35-11-9-10-13-61(35)58(70)75-60(6,7)8/h29-51,62H,9-28H2,1-8H3,(H,63,64). The van der Waals surface area contributed by atoms with E-state index in [-0.39, 0.29) is 133 Å². The van der Waals surface area contributed by atoms with Crippen LogP contribution in [0.2, 0.25) is 0 Å². The van der Waals surface area contributed by atoms with Gasteiger partial charge >= 0.3 is 41.9 Å². The van der Waals surface area contributed by atoms with Crippen LogP contribution in [-0.4, -0.2) is 101 Å². The lowest BCUT2D eigenvalue weighted by Gasteiger charge is -2.45. The van der Waals surface area contributed by atoms with Gasteiger partial charge in [0.15, 0.2) is 0 Å². The third-order valence-electron chi connectivity index (χ3n) is 22.2. The van der Waals surface area contributed by atoms with Crippen molar-refractivity contribution in [1.82, 2.24) is 4.90 Å². The van der Waals surface area contributed by atoms with Crippen molar-refractivity contribution < 1.29 is 67.5 Å². The molecular weight excluding hydrogens is 959 g/mol. The van der Waals surface area contributed by atoms with E-state index in [0.29, 0.717) is 61.8 Å². The first-order chi connectivity index (χ1) is 35.5. The van der Waals surface area contributed by atoms with E-state index in [2.05, 4.69) is 6.92 Å². The number of fused-ring (bicyclic) bond motifs is 8. The van der Waals surface area contributed by atoms with E-state index in [1.54, 1.807) is 11.8 Å². The van der Waals surface area contributed by atoms with Crippen LogP contribution in [0.4, 0.5) is 4.79 Å². The SMILES string of the molecule is CC1C(=O)OC(=O)C1CC1C(CC2C(CC3C(CC4C(C)C5CC(C(=O)OC(C)(C)C)C4C5)C4CC(C(=O)OCCO)C3C4)C3CC(C(=O)O)C2C3)C2CC(C(=O)OCCC3CCCCN3C(=O)OC(C)(C)C)C1C2. The highest BCUT2D eigenvalue weighted by Gasteiger charge is 2.64. The van der Waals surface area contributed by atoms with Crippen LogP contribution in [0.25, 0.3) is 0 Å². The molecule has 23 unspecified atom stereocenters. The van der Waals surface area contributed by atoms with E-state index in [1.807, 2.05) is 41.5 Å². The first-order valence-corrected chi connectivity index (χ1v) is 29.6. The van der Waals surface area contributed by atoms with Crippen molar-refractivity contribution in [2.24, 2.45) is 130 Å². The van der Waals surface area contributed by atoms with Gasteiger partial charge in [-0.3, -0.25) is 28.8 Å². The molecule has 0 aromatic rings. The summed E-state index contributed by atoms with van der Waals surface area (Å²) in [4.78, 5) is 96.0. The molecule has 0 aromatic carbocycles. The molecule has 2 saturated heterocycles. The minimum atomic E-state index is -0.740. The maximum atomic E-state index is 14.3. The molecule has 0 radical (unpaired) electrons. The lowest BCUT2D eigenvalue weighted by Crippen LogP contribution is -2.46. The van der Waals surface area contributed by atoms with E-state index in [0.717, 1.165) is 77.0 Å². The molecule has 418 valence electrons. The summed E-state index contributed by atoms with van der Waals surface area (Å²) in [5, 5.41) is 20.4. The molecule has 10 aliphatic rings. The van der Waals surface area contributed by atoms with Crippen molar-refractivity contribution in [2.75, 3.05) is 26.4 Å². The van der Waals surface area contributed by atoms with E-state index in [9.17, 15) is 43.8 Å². The van der Waals surface area contributed by atoms with Crippen LogP contribution < -0.4 is 0 Å². The number of aliphatic hydroxyl groups is 1. The molecule has 10 rings (SSSR count). The normalized spacial score (nSPS) is 43.4. The Labute approximate surface area is 444 Å². The number of hydrogen-bond acceptors (Lipinski definition) is 13. The summed E-state index contributed by atoms with van der Waals surface area (Å²) in [6.07, 6.45) is 12.6. The van der Waals surface area contributed by atoms with Gasteiger partial charge < -0.3 is 38.8 Å². The number of aliphatic hydroxyl groups excluding tert-OH is 1. The number of aliphatic carboxylic acids is 1. The summed E-state index contributed by atoms with van der Waals surface area (Å²) in [7, 11) is 0. The second kappa shape index (κ2) is 21.1. The number of carboxylic acids is 1. The van der Waals surface area contributed by atoms with Crippen LogP contribution in [0.1, 0.15) is 158 Å². The number of ether oxygens (including phenoxy) is 5. The predicted octanol–water partition coefficient (Wildman–Crippen LogP) is 9.14. The molecule has 2 aliphatic heterocycles. The fourth-order valence-electron chi connectivity index (χ4n) is 19.3. The maximum Gasteiger partial charge on any atom is 0.410 e. The molecule has 1 amide bonds. The molecule has 8 aliphatic carbocycles. The number of likely N-dealkylation sites (tertiary alicyclic amines) is 1. The van der Waals surface area contributed by atoms with Gasteiger partial charge in [-0.05, 0) is 233 Å². The Morgan fingerprint density at radius 1 is 0.573 bits per heavy atom. The van der Waals surface area contributed by atoms with Gasteiger partial charge in [-0.1, -0.05) is 13.8 Å². The number of piperidine rings is 1. The van der Waals surface area contributed by atoms with E-state index in [1.165, 1.54) is 0 Å². The van der Waals surface area contributed by atoms with Gasteiger partial charge in [-0.2, -0.15) is 0 Å². The smallest absolute Gasteiger partial charge is 0.410 e. The molecule has 2 N–H and O–H groups in total. The van der Waals surface area contributed by atoms with Gasteiger partial charge in [0, 0.05) is 19.0 Å². The van der Waals surface area contributed by atoms with Crippen LogP contribution >= 0.6 is 0 Å². The zero-order valence-corrected chi connectivity index (χ0v) is 46.2. The first-order valence-electron chi connectivity index (χ1n) is 29.6. The lowest BCUT2D eigenvalue weighted by atomic mass is 9.60. The molecule has 2 heterocycles. The Kier molecular flexibility index (Phi) is 15.4. The molecule has 0 spiro atoms. The van der Waals surface area contributed by atoms with Crippen LogP contribution in [0.3, 0.4) is 0 Å². The largest absolute Gasteiger partial charge is 0.481 e. The molecule has 23 atom stereocenters.